The van der Waals surface area contributed by atoms with Gasteiger partial charge in [0.05, 0.1) is 5.02 Å². The molecule has 0 radical (unpaired) electrons. The standard InChI is InChI=1S/C14H12ClFN2O4S/c1-2-17-14(21)18-10(19)6-22-13(20)12-11(15)8-4-3-7(16)5-9(8)23-12/h3-5H,2,6H2,1H3,(H2,17,18,19,21). The molecule has 0 spiro atoms. The zero-order chi connectivity index (χ0) is 17.0. The minimum atomic E-state index is -0.817. The molecule has 122 valence electrons. The van der Waals surface area contributed by atoms with Crippen LogP contribution in [0.5, 0.6) is 0 Å². The Labute approximate surface area is 139 Å². The van der Waals surface area contributed by atoms with Crippen molar-refractivity contribution in [2.45, 2.75) is 6.92 Å². The number of imide groups is 1. The van der Waals surface area contributed by atoms with E-state index in [1.807, 2.05) is 5.32 Å². The lowest BCUT2D eigenvalue weighted by Gasteiger charge is -2.05. The third-order valence-corrected chi connectivity index (χ3v) is 4.34. The molecule has 2 rings (SSSR count). The number of esters is 1. The summed E-state index contributed by atoms with van der Waals surface area (Å²) in [5, 5.41) is 5.02. The first kappa shape index (κ1) is 17.2. The number of fused-ring (bicyclic) bond motifs is 1. The van der Waals surface area contributed by atoms with Crippen molar-refractivity contribution >= 4 is 50.9 Å². The van der Waals surface area contributed by atoms with Crippen molar-refractivity contribution in [3.8, 4) is 0 Å². The van der Waals surface area contributed by atoms with E-state index < -0.39 is 30.3 Å². The first-order chi connectivity index (χ1) is 10.9. The van der Waals surface area contributed by atoms with Crippen LogP contribution < -0.4 is 10.6 Å². The first-order valence-electron chi connectivity index (χ1n) is 6.54. The van der Waals surface area contributed by atoms with E-state index in [1.54, 1.807) is 6.92 Å². The molecule has 1 heterocycles. The number of thiophene rings is 1. The quantitative estimate of drug-likeness (QED) is 0.823. The van der Waals surface area contributed by atoms with Crippen LogP contribution in [0.1, 0.15) is 16.6 Å². The summed E-state index contributed by atoms with van der Waals surface area (Å²) in [7, 11) is 0. The molecule has 0 aliphatic carbocycles. The number of benzene rings is 1. The summed E-state index contributed by atoms with van der Waals surface area (Å²) >= 11 is 7.03. The second-order valence-electron chi connectivity index (χ2n) is 4.37. The van der Waals surface area contributed by atoms with Crippen molar-refractivity contribution < 1.29 is 23.5 Å². The molecule has 0 aliphatic heterocycles. The van der Waals surface area contributed by atoms with Crippen molar-refractivity contribution in [1.29, 1.82) is 0 Å². The Morgan fingerprint density at radius 1 is 1.35 bits per heavy atom. The van der Waals surface area contributed by atoms with E-state index in [9.17, 15) is 18.8 Å². The molecule has 0 atom stereocenters. The Morgan fingerprint density at radius 2 is 2.09 bits per heavy atom. The Hall–Kier alpha value is -2.19. The highest BCUT2D eigenvalue weighted by Crippen LogP contribution is 2.36. The maximum Gasteiger partial charge on any atom is 0.350 e. The van der Waals surface area contributed by atoms with Crippen molar-refractivity contribution in [3.63, 3.8) is 0 Å². The van der Waals surface area contributed by atoms with Crippen LogP contribution in [0.15, 0.2) is 18.2 Å². The zero-order valence-electron chi connectivity index (χ0n) is 11.9. The van der Waals surface area contributed by atoms with Crippen LogP contribution in [0.2, 0.25) is 5.02 Å². The average Bonchev–Trinajstić information content (AvgIpc) is 2.81. The van der Waals surface area contributed by atoms with E-state index in [-0.39, 0.29) is 9.90 Å². The molecule has 3 amide bonds. The lowest BCUT2D eigenvalue weighted by Crippen LogP contribution is -2.41. The summed E-state index contributed by atoms with van der Waals surface area (Å²) < 4.78 is 18.5. The Bertz CT molecular complexity index is 777. The number of carbonyl (C=O) groups excluding carboxylic acids is 3. The van der Waals surface area contributed by atoms with Crippen LogP contribution in [0.4, 0.5) is 9.18 Å². The smallest absolute Gasteiger partial charge is 0.350 e. The third-order valence-electron chi connectivity index (χ3n) is 2.70. The second kappa shape index (κ2) is 7.38. The van der Waals surface area contributed by atoms with Gasteiger partial charge in [-0.05, 0) is 25.1 Å². The predicted molar refractivity (Wildman–Crippen MR) is 84.3 cm³/mol. The number of rotatable bonds is 4. The van der Waals surface area contributed by atoms with Crippen LogP contribution >= 0.6 is 22.9 Å². The fraction of sp³-hybridized carbons (Fsp3) is 0.214. The van der Waals surface area contributed by atoms with Crippen molar-refractivity contribution in [2.75, 3.05) is 13.2 Å². The molecule has 0 saturated heterocycles. The number of halogens is 2. The van der Waals surface area contributed by atoms with Gasteiger partial charge in [0.2, 0.25) is 0 Å². The van der Waals surface area contributed by atoms with Gasteiger partial charge in [-0.3, -0.25) is 10.1 Å². The SMILES string of the molecule is CCNC(=O)NC(=O)COC(=O)c1sc2cc(F)ccc2c1Cl. The van der Waals surface area contributed by atoms with Crippen LogP contribution in [-0.4, -0.2) is 31.1 Å². The van der Waals surface area contributed by atoms with Gasteiger partial charge in [-0.25, -0.2) is 14.0 Å². The van der Waals surface area contributed by atoms with E-state index in [1.165, 1.54) is 18.2 Å². The van der Waals surface area contributed by atoms with Crippen LogP contribution in [0.3, 0.4) is 0 Å². The normalized spacial score (nSPS) is 10.4. The molecular formula is C14H12ClFN2O4S. The molecular weight excluding hydrogens is 347 g/mol. The highest BCUT2D eigenvalue weighted by Gasteiger charge is 2.20. The molecule has 0 fully saturated rings. The monoisotopic (exact) mass is 358 g/mol. The number of hydrogen-bond donors (Lipinski definition) is 2. The predicted octanol–water partition coefficient (Wildman–Crippen LogP) is 2.70. The van der Waals surface area contributed by atoms with Crippen molar-refractivity contribution in [1.82, 2.24) is 10.6 Å². The summed E-state index contributed by atoms with van der Waals surface area (Å²) in [5.41, 5.74) is 0. The summed E-state index contributed by atoms with van der Waals surface area (Å²) in [6.07, 6.45) is 0. The molecule has 0 aliphatic rings. The molecule has 9 heteroatoms. The van der Waals surface area contributed by atoms with Gasteiger partial charge in [0.1, 0.15) is 10.7 Å². The summed E-state index contributed by atoms with van der Waals surface area (Å²) in [6, 6.07) is 3.27. The van der Waals surface area contributed by atoms with Crippen LogP contribution in [0, 0.1) is 5.82 Å². The second-order valence-corrected chi connectivity index (χ2v) is 5.80. The molecule has 23 heavy (non-hydrogen) atoms. The lowest BCUT2D eigenvalue weighted by molar-refractivity contribution is -0.123. The zero-order valence-corrected chi connectivity index (χ0v) is 13.5. The summed E-state index contributed by atoms with van der Waals surface area (Å²) in [4.78, 5) is 34.6. The average molecular weight is 359 g/mol. The number of hydrogen-bond acceptors (Lipinski definition) is 5. The van der Waals surface area contributed by atoms with Gasteiger partial charge in [0, 0.05) is 16.6 Å². The Balaban J connectivity index is 2.02. The van der Waals surface area contributed by atoms with Gasteiger partial charge in [-0.1, -0.05) is 11.6 Å². The molecule has 6 nitrogen and oxygen atoms in total. The molecule has 1 aromatic carbocycles. The fourth-order valence-electron chi connectivity index (χ4n) is 1.73. The number of nitrogens with one attached hydrogen (secondary N) is 2. The fourth-order valence-corrected chi connectivity index (χ4v) is 3.16. The van der Waals surface area contributed by atoms with Gasteiger partial charge < -0.3 is 10.1 Å². The van der Waals surface area contributed by atoms with Crippen molar-refractivity contribution in [3.05, 3.63) is 33.9 Å². The lowest BCUT2D eigenvalue weighted by atomic mass is 10.2. The van der Waals surface area contributed by atoms with E-state index in [4.69, 9.17) is 16.3 Å². The highest BCUT2D eigenvalue weighted by atomic mass is 35.5. The number of carbonyl (C=O) groups is 3. The minimum absolute atomic E-state index is 0.0677. The minimum Gasteiger partial charge on any atom is -0.451 e. The molecule has 2 aromatic rings. The number of ether oxygens (including phenoxy) is 1. The molecule has 0 saturated carbocycles. The van der Waals surface area contributed by atoms with E-state index in [0.717, 1.165) is 11.3 Å². The van der Waals surface area contributed by atoms with Crippen LogP contribution in [0.25, 0.3) is 10.1 Å². The highest BCUT2D eigenvalue weighted by molar-refractivity contribution is 7.21. The van der Waals surface area contributed by atoms with E-state index in [2.05, 4.69) is 5.32 Å². The van der Waals surface area contributed by atoms with Crippen LogP contribution in [-0.2, 0) is 9.53 Å². The van der Waals surface area contributed by atoms with Crippen molar-refractivity contribution in [2.24, 2.45) is 0 Å². The van der Waals surface area contributed by atoms with Gasteiger partial charge in [-0.2, -0.15) is 0 Å². The largest absolute Gasteiger partial charge is 0.451 e. The molecule has 0 bridgehead atoms. The molecule has 2 N–H and O–H groups in total. The van der Waals surface area contributed by atoms with Gasteiger partial charge in [-0.15, -0.1) is 11.3 Å². The topological polar surface area (TPSA) is 84.5 Å². The third kappa shape index (κ3) is 4.17. The maximum absolute atomic E-state index is 13.2. The summed E-state index contributed by atoms with van der Waals surface area (Å²) in [6.45, 7) is 1.41. The first-order valence-corrected chi connectivity index (χ1v) is 7.74. The maximum atomic E-state index is 13.2. The Kier molecular flexibility index (Phi) is 5.51. The Morgan fingerprint density at radius 3 is 2.78 bits per heavy atom. The van der Waals surface area contributed by atoms with E-state index in [0.29, 0.717) is 16.6 Å². The van der Waals surface area contributed by atoms with Gasteiger partial charge >= 0.3 is 12.0 Å². The summed E-state index contributed by atoms with van der Waals surface area (Å²) in [5.74, 6) is -2.04. The molecule has 1 aromatic heterocycles. The van der Waals surface area contributed by atoms with Gasteiger partial charge in [0.25, 0.3) is 5.91 Å². The number of urea groups is 1. The van der Waals surface area contributed by atoms with E-state index >= 15 is 0 Å². The molecule has 0 unspecified atom stereocenters. The number of amides is 3. The van der Waals surface area contributed by atoms with Gasteiger partial charge in [0.15, 0.2) is 6.61 Å².